The zero-order chi connectivity index (χ0) is 29.0. The lowest BCUT2D eigenvalue weighted by Gasteiger charge is -2.25. The maximum atomic E-state index is 12.8. The molecule has 0 radical (unpaired) electrons. The summed E-state index contributed by atoms with van der Waals surface area (Å²) in [7, 11) is 0. The maximum Gasteiger partial charge on any atom is 0.317 e. The maximum absolute atomic E-state index is 12.8. The van der Waals surface area contributed by atoms with Gasteiger partial charge in [0.15, 0.2) is 6.29 Å². The third kappa shape index (κ3) is 8.99. The molecule has 0 amide bonds. The molecular formula is C35H48O5. The SMILES string of the molecule is CCCC(CCC)c1ccc(OCCOC(C)Oc2ccc3cc(OC(=O)C(C)(CC)CCC)ccc3c2)cc1. The molecule has 0 aromatic heterocycles. The van der Waals surface area contributed by atoms with E-state index in [0.29, 0.717) is 24.9 Å². The van der Waals surface area contributed by atoms with E-state index in [-0.39, 0.29) is 5.97 Å². The third-order valence-electron chi connectivity index (χ3n) is 7.70. The molecule has 3 aromatic rings. The van der Waals surface area contributed by atoms with Crippen molar-refractivity contribution in [3.05, 3.63) is 66.2 Å². The molecular weight excluding hydrogens is 500 g/mol. The molecule has 3 rings (SSSR count). The van der Waals surface area contributed by atoms with Gasteiger partial charge >= 0.3 is 5.97 Å². The van der Waals surface area contributed by atoms with Gasteiger partial charge in [-0.25, -0.2) is 0 Å². The van der Waals surface area contributed by atoms with Crippen molar-refractivity contribution in [1.82, 2.24) is 0 Å². The Kier molecular flexibility index (Phi) is 12.3. The van der Waals surface area contributed by atoms with Gasteiger partial charge in [-0.3, -0.25) is 4.79 Å². The van der Waals surface area contributed by atoms with Gasteiger partial charge in [0.2, 0.25) is 0 Å². The van der Waals surface area contributed by atoms with E-state index in [9.17, 15) is 4.79 Å². The highest BCUT2D eigenvalue weighted by Crippen LogP contribution is 2.32. The molecule has 0 aliphatic carbocycles. The predicted molar refractivity (Wildman–Crippen MR) is 163 cm³/mol. The molecule has 5 heteroatoms. The van der Waals surface area contributed by atoms with Gasteiger partial charge in [0.05, 0.1) is 12.0 Å². The van der Waals surface area contributed by atoms with Gasteiger partial charge in [-0.1, -0.05) is 71.2 Å². The quantitative estimate of drug-likeness (QED) is 0.0728. The topological polar surface area (TPSA) is 54.0 Å². The number of carbonyl (C=O) groups is 1. The van der Waals surface area contributed by atoms with Crippen LogP contribution in [-0.2, 0) is 9.53 Å². The van der Waals surface area contributed by atoms with Crippen LogP contribution >= 0.6 is 0 Å². The van der Waals surface area contributed by atoms with Crippen molar-refractivity contribution in [2.24, 2.45) is 5.41 Å². The summed E-state index contributed by atoms with van der Waals surface area (Å²) in [6.45, 7) is 13.4. The first-order valence-electron chi connectivity index (χ1n) is 15.1. The Morgan fingerprint density at radius 2 is 1.38 bits per heavy atom. The van der Waals surface area contributed by atoms with Crippen LogP contribution in [0.4, 0.5) is 0 Å². The van der Waals surface area contributed by atoms with E-state index in [4.69, 9.17) is 18.9 Å². The van der Waals surface area contributed by atoms with Crippen molar-refractivity contribution in [3.8, 4) is 17.2 Å². The molecule has 0 aliphatic rings. The number of carbonyl (C=O) groups excluding carboxylic acids is 1. The Bertz CT molecular complexity index is 1180. The zero-order valence-electron chi connectivity index (χ0n) is 25.3. The van der Waals surface area contributed by atoms with Crippen LogP contribution in [0.5, 0.6) is 17.2 Å². The zero-order valence-corrected chi connectivity index (χ0v) is 25.3. The summed E-state index contributed by atoms with van der Waals surface area (Å²) in [5.41, 5.74) is 0.938. The van der Waals surface area contributed by atoms with Crippen molar-refractivity contribution in [2.45, 2.75) is 98.7 Å². The first kappa shape index (κ1) is 31.5. The highest BCUT2D eigenvalue weighted by atomic mass is 16.7. The van der Waals surface area contributed by atoms with E-state index in [1.807, 2.05) is 57.2 Å². The molecule has 0 N–H and O–H groups in total. The highest BCUT2D eigenvalue weighted by Gasteiger charge is 2.32. The summed E-state index contributed by atoms with van der Waals surface area (Å²) in [6.07, 6.45) is 6.96. The monoisotopic (exact) mass is 548 g/mol. The Labute approximate surface area is 241 Å². The van der Waals surface area contributed by atoms with E-state index in [1.54, 1.807) is 0 Å². The van der Waals surface area contributed by atoms with E-state index in [1.165, 1.54) is 31.2 Å². The smallest absolute Gasteiger partial charge is 0.317 e. The molecule has 2 atom stereocenters. The lowest BCUT2D eigenvalue weighted by atomic mass is 9.83. The Morgan fingerprint density at radius 3 is 1.98 bits per heavy atom. The minimum Gasteiger partial charge on any atom is -0.491 e. The summed E-state index contributed by atoms with van der Waals surface area (Å²) in [6, 6.07) is 20.0. The molecule has 5 nitrogen and oxygen atoms in total. The summed E-state index contributed by atoms with van der Waals surface area (Å²) in [5, 5.41) is 1.98. The van der Waals surface area contributed by atoms with E-state index < -0.39 is 11.7 Å². The Morgan fingerprint density at radius 1 is 0.775 bits per heavy atom. The Hall–Kier alpha value is -3.05. The molecule has 2 unspecified atom stereocenters. The highest BCUT2D eigenvalue weighted by molar-refractivity contribution is 5.86. The average molecular weight is 549 g/mol. The van der Waals surface area contributed by atoms with Crippen LogP contribution in [0.3, 0.4) is 0 Å². The number of benzene rings is 3. The standard InChI is InChI=1S/C35H48O5/c1-7-11-27(12-8-2)28-13-17-31(18-14-28)38-23-22-37-26(5)39-32-19-15-30-25-33(20-16-29(30)24-32)40-34(36)35(6,10-4)21-9-3/h13-20,24-27H,7-12,21-23H2,1-6H3. The van der Waals surface area contributed by atoms with Crippen LogP contribution in [0.15, 0.2) is 60.7 Å². The van der Waals surface area contributed by atoms with Crippen LogP contribution < -0.4 is 14.2 Å². The molecule has 218 valence electrons. The number of hydrogen-bond donors (Lipinski definition) is 0. The van der Waals surface area contributed by atoms with Gasteiger partial charge in [-0.2, -0.15) is 0 Å². The summed E-state index contributed by atoms with van der Waals surface area (Å²) in [4.78, 5) is 12.8. The van der Waals surface area contributed by atoms with Gasteiger partial charge in [0.25, 0.3) is 0 Å². The van der Waals surface area contributed by atoms with E-state index in [0.717, 1.165) is 41.5 Å². The minimum absolute atomic E-state index is 0.171. The number of esters is 1. The van der Waals surface area contributed by atoms with Gasteiger partial charge < -0.3 is 18.9 Å². The van der Waals surface area contributed by atoms with Crippen LogP contribution in [0, 0.1) is 5.41 Å². The molecule has 0 fully saturated rings. The lowest BCUT2D eigenvalue weighted by Crippen LogP contribution is -2.31. The van der Waals surface area contributed by atoms with Crippen LogP contribution in [0.1, 0.15) is 98.0 Å². The van der Waals surface area contributed by atoms with Crippen molar-refractivity contribution in [1.29, 1.82) is 0 Å². The second kappa shape index (κ2) is 15.7. The molecule has 40 heavy (non-hydrogen) atoms. The largest absolute Gasteiger partial charge is 0.491 e. The third-order valence-corrected chi connectivity index (χ3v) is 7.70. The fraction of sp³-hybridized carbons (Fsp3) is 0.514. The van der Waals surface area contributed by atoms with Crippen LogP contribution in [-0.4, -0.2) is 25.5 Å². The molecule has 0 saturated heterocycles. The molecule has 0 spiro atoms. The van der Waals surface area contributed by atoms with Crippen molar-refractivity contribution >= 4 is 16.7 Å². The molecule has 0 saturated carbocycles. The molecule has 0 heterocycles. The number of hydrogen-bond acceptors (Lipinski definition) is 5. The number of ether oxygens (including phenoxy) is 4. The van der Waals surface area contributed by atoms with E-state index >= 15 is 0 Å². The van der Waals surface area contributed by atoms with Crippen molar-refractivity contribution in [2.75, 3.05) is 13.2 Å². The van der Waals surface area contributed by atoms with Gasteiger partial charge in [-0.15, -0.1) is 0 Å². The van der Waals surface area contributed by atoms with Crippen molar-refractivity contribution in [3.63, 3.8) is 0 Å². The van der Waals surface area contributed by atoms with Gasteiger partial charge in [0.1, 0.15) is 23.9 Å². The fourth-order valence-electron chi connectivity index (χ4n) is 5.15. The second-order valence-electron chi connectivity index (χ2n) is 11.0. The summed E-state index contributed by atoms with van der Waals surface area (Å²) >= 11 is 0. The lowest BCUT2D eigenvalue weighted by molar-refractivity contribution is -0.145. The molecule has 3 aromatic carbocycles. The van der Waals surface area contributed by atoms with Gasteiger partial charge in [-0.05, 0) is 98.2 Å². The van der Waals surface area contributed by atoms with Crippen LogP contribution in [0.2, 0.25) is 0 Å². The van der Waals surface area contributed by atoms with E-state index in [2.05, 4.69) is 45.0 Å². The number of fused-ring (bicyclic) bond motifs is 1. The normalized spacial score (nSPS) is 13.7. The fourth-order valence-corrected chi connectivity index (χ4v) is 5.15. The number of rotatable bonds is 17. The first-order valence-corrected chi connectivity index (χ1v) is 15.1. The van der Waals surface area contributed by atoms with Crippen molar-refractivity contribution < 1.29 is 23.7 Å². The second-order valence-corrected chi connectivity index (χ2v) is 11.0. The van der Waals surface area contributed by atoms with Gasteiger partial charge in [0, 0.05) is 0 Å². The predicted octanol–water partition coefficient (Wildman–Crippen LogP) is 9.47. The summed E-state index contributed by atoms with van der Waals surface area (Å²) < 4.78 is 23.4. The Balaban J connectivity index is 1.47. The van der Waals surface area contributed by atoms with Crippen LogP contribution in [0.25, 0.3) is 10.8 Å². The average Bonchev–Trinajstić information content (AvgIpc) is 2.95. The first-order chi connectivity index (χ1) is 19.3. The summed E-state index contributed by atoms with van der Waals surface area (Å²) in [5.74, 6) is 2.60. The molecule has 0 aliphatic heterocycles. The molecule has 0 bridgehead atoms. The minimum atomic E-state index is -0.459.